The molecule has 0 radical (unpaired) electrons. The Morgan fingerprint density at radius 3 is 2.53 bits per heavy atom. The molecule has 0 unspecified atom stereocenters. The molecule has 3 rings (SSSR count). The summed E-state index contributed by atoms with van der Waals surface area (Å²) in [5, 5.41) is 9.57. The summed E-state index contributed by atoms with van der Waals surface area (Å²) in [4.78, 5) is 34.9. The number of piperidine rings is 1. The molecule has 9 nitrogen and oxygen atoms in total. The molecule has 9 heteroatoms. The average Bonchev–Trinajstić information content (AvgIpc) is 3.32. The topological polar surface area (TPSA) is 104 Å². The Kier molecular flexibility index (Phi) is 7.65. The summed E-state index contributed by atoms with van der Waals surface area (Å²) < 4.78 is 1.63. The number of carbonyl (C=O) groups is 2. The van der Waals surface area contributed by atoms with Crippen molar-refractivity contribution >= 4 is 42.1 Å². The van der Waals surface area contributed by atoms with E-state index in [1.54, 1.807) is 23.3 Å². The van der Waals surface area contributed by atoms with Gasteiger partial charge in [0.1, 0.15) is 11.4 Å². The first kappa shape index (κ1) is 24.9. The smallest absolute Gasteiger partial charge is 0.322 e. The summed E-state index contributed by atoms with van der Waals surface area (Å²) in [7, 11) is 0. The number of urea groups is 1. The van der Waals surface area contributed by atoms with Crippen LogP contribution < -0.4 is 10.6 Å². The normalized spacial score (nSPS) is 19.2. The molecule has 34 heavy (non-hydrogen) atoms. The van der Waals surface area contributed by atoms with Gasteiger partial charge in [0.05, 0.1) is 6.20 Å². The molecule has 0 atom stereocenters. The van der Waals surface area contributed by atoms with Crippen LogP contribution in [0, 0.1) is 5.92 Å². The predicted molar refractivity (Wildman–Crippen MR) is 137 cm³/mol. The number of carbonyl (C=O) groups excluding carboxylic acids is 2. The van der Waals surface area contributed by atoms with Crippen LogP contribution in [0.4, 0.5) is 10.6 Å². The summed E-state index contributed by atoms with van der Waals surface area (Å²) in [5.74, 6) is 1.49. The van der Waals surface area contributed by atoms with Gasteiger partial charge in [-0.1, -0.05) is 32.6 Å². The van der Waals surface area contributed by atoms with E-state index in [-0.39, 0.29) is 5.91 Å². The van der Waals surface area contributed by atoms with Gasteiger partial charge in [0.15, 0.2) is 5.82 Å². The Labute approximate surface area is 200 Å². The van der Waals surface area contributed by atoms with Crippen LogP contribution in [-0.4, -0.2) is 57.8 Å². The first-order valence-corrected chi connectivity index (χ1v) is 11.4. The van der Waals surface area contributed by atoms with E-state index in [0.29, 0.717) is 37.7 Å². The molecule has 1 aromatic rings. The molecule has 1 aromatic heterocycles. The fourth-order valence-electron chi connectivity index (χ4n) is 4.18. The number of amides is 3. The van der Waals surface area contributed by atoms with E-state index in [9.17, 15) is 9.59 Å². The minimum absolute atomic E-state index is 0.251. The van der Waals surface area contributed by atoms with Gasteiger partial charge in [-0.15, -0.1) is 0 Å². The van der Waals surface area contributed by atoms with E-state index in [2.05, 4.69) is 64.9 Å². The molecule has 2 saturated heterocycles. The quantitative estimate of drug-likeness (QED) is 0.277. The highest BCUT2D eigenvalue weighted by Gasteiger charge is 2.47. The highest BCUT2D eigenvalue weighted by molar-refractivity contribution is 6.07. The van der Waals surface area contributed by atoms with Crippen LogP contribution in [0.3, 0.4) is 0 Å². The second-order valence-corrected chi connectivity index (χ2v) is 8.71. The highest BCUT2D eigenvalue weighted by Crippen LogP contribution is 2.31. The number of imide groups is 1. The number of amidine groups is 1. The Morgan fingerprint density at radius 1 is 1.29 bits per heavy atom. The maximum atomic E-state index is 12.2. The number of rotatable bonds is 7. The SMILES string of the molecule is C=Cn1ncc(C(=C/N=C)/C=C(/C=C\C)C(C)C)c1/N=C(\C)N1CCC2(CC1)NC(=O)NC2=O. The van der Waals surface area contributed by atoms with Gasteiger partial charge in [-0.05, 0) is 51.0 Å². The van der Waals surface area contributed by atoms with Crippen molar-refractivity contribution in [3.05, 3.63) is 48.3 Å². The van der Waals surface area contributed by atoms with Gasteiger partial charge < -0.3 is 10.2 Å². The molecule has 1 spiro atoms. The number of nitrogens with zero attached hydrogens (tertiary/aromatic N) is 5. The van der Waals surface area contributed by atoms with Crippen molar-refractivity contribution in [3.8, 4) is 0 Å². The third kappa shape index (κ3) is 5.08. The summed E-state index contributed by atoms with van der Waals surface area (Å²) in [6, 6.07) is -0.426. The largest absolute Gasteiger partial charge is 0.360 e. The maximum absolute atomic E-state index is 12.2. The van der Waals surface area contributed by atoms with Crippen molar-refractivity contribution in [2.45, 2.75) is 46.1 Å². The van der Waals surface area contributed by atoms with Crippen molar-refractivity contribution in [2.24, 2.45) is 15.9 Å². The summed E-state index contributed by atoms with van der Waals surface area (Å²) >= 11 is 0. The fraction of sp³-hybridized carbons (Fsp3) is 0.400. The third-order valence-corrected chi connectivity index (χ3v) is 6.19. The molecule has 2 aliphatic rings. The van der Waals surface area contributed by atoms with Gasteiger partial charge in [-0.2, -0.15) is 5.10 Å². The molecule has 0 bridgehead atoms. The molecular weight excluding hydrogens is 430 g/mol. The van der Waals surface area contributed by atoms with Gasteiger partial charge in [0.2, 0.25) is 0 Å². The van der Waals surface area contributed by atoms with Crippen LogP contribution in [0.2, 0.25) is 0 Å². The Morgan fingerprint density at radius 2 is 2.00 bits per heavy atom. The van der Waals surface area contributed by atoms with Crippen molar-refractivity contribution in [1.29, 1.82) is 0 Å². The van der Waals surface area contributed by atoms with Crippen LogP contribution in [0.1, 0.15) is 46.1 Å². The summed E-state index contributed by atoms with van der Waals surface area (Å²) in [6.07, 6.45) is 12.3. The monoisotopic (exact) mass is 463 g/mol. The minimum atomic E-state index is -0.821. The predicted octanol–water partition coefficient (Wildman–Crippen LogP) is 3.91. The second kappa shape index (κ2) is 10.5. The molecule has 180 valence electrons. The standard InChI is InChI=1S/C25H33N7O2/c1-7-9-19(17(3)4)14-20(15-26-6)21-16-27-32(8-2)22(21)28-18(5)31-12-10-25(11-13-31)23(33)29-24(34)30-25/h7-9,14-17H,2,6,10-13H2,1,3-5H3,(H2,29,30,33,34)/b9-7-,19-14-,20-15+,28-18+. The van der Waals surface area contributed by atoms with Gasteiger partial charge in [-0.25, -0.2) is 14.5 Å². The number of likely N-dealkylation sites (tertiary alicyclic amines) is 1. The Hall–Kier alpha value is -3.75. The summed E-state index contributed by atoms with van der Waals surface area (Å²) in [6.45, 7) is 16.9. The van der Waals surface area contributed by atoms with Crippen molar-refractivity contribution in [3.63, 3.8) is 0 Å². The molecule has 3 amide bonds. The molecule has 2 N–H and O–H groups in total. The highest BCUT2D eigenvalue weighted by atomic mass is 16.2. The molecule has 0 saturated carbocycles. The molecule has 0 aromatic carbocycles. The number of hydrogen-bond donors (Lipinski definition) is 2. The van der Waals surface area contributed by atoms with Gasteiger partial charge in [-0.3, -0.25) is 15.1 Å². The zero-order chi connectivity index (χ0) is 24.9. The van der Waals surface area contributed by atoms with Crippen molar-refractivity contribution < 1.29 is 9.59 Å². The number of aliphatic imine (C=N–C) groups is 2. The Balaban J connectivity index is 1.92. The van der Waals surface area contributed by atoms with Gasteiger partial charge in [0, 0.05) is 36.6 Å². The van der Waals surface area contributed by atoms with Gasteiger partial charge in [0.25, 0.3) is 5.91 Å². The van der Waals surface area contributed by atoms with Crippen molar-refractivity contribution in [1.82, 2.24) is 25.3 Å². The summed E-state index contributed by atoms with van der Waals surface area (Å²) in [5.41, 5.74) is 1.98. The molecule has 3 heterocycles. The average molecular weight is 464 g/mol. The van der Waals surface area contributed by atoms with E-state index in [1.807, 2.05) is 19.9 Å². The number of allylic oxidation sites excluding steroid dienone is 5. The lowest BCUT2D eigenvalue weighted by Gasteiger charge is -2.37. The van der Waals surface area contributed by atoms with E-state index in [4.69, 9.17) is 4.99 Å². The molecule has 2 aliphatic heterocycles. The zero-order valence-corrected chi connectivity index (χ0v) is 20.3. The van der Waals surface area contributed by atoms with Crippen LogP contribution in [-0.2, 0) is 4.79 Å². The van der Waals surface area contributed by atoms with Crippen molar-refractivity contribution in [2.75, 3.05) is 13.1 Å². The molecule has 0 aliphatic carbocycles. The maximum Gasteiger partial charge on any atom is 0.322 e. The van der Waals surface area contributed by atoms with Crippen LogP contribution in [0.15, 0.2) is 52.8 Å². The van der Waals surface area contributed by atoms with Gasteiger partial charge >= 0.3 is 6.03 Å². The first-order chi connectivity index (χ1) is 16.2. The number of hydrogen-bond acceptors (Lipinski definition) is 5. The number of aromatic nitrogens is 2. The van der Waals surface area contributed by atoms with E-state index < -0.39 is 11.6 Å². The number of nitrogens with one attached hydrogen (secondary N) is 2. The Bertz CT molecular complexity index is 1100. The fourth-order valence-corrected chi connectivity index (χ4v) is 4.18. The van der Waals surface area contributed by atoms with Crippen LogP contribution in [0.5, 0.6) is 0 Å². The lowest BCUT2D eigenvalue weighted by Crippen LogP contribution is -2.55. The zero-order valence-electron chi connectivity index (χ0n) is 20.3. The first-order valence-electron chi connectivity index (χ1n) is 11.4. The lowest BCUT2D eigenvalue weighted by molar-refractivity contribution is -0.125. The lowest BCUT2D eigenvalue weighted by atomic mass is 9.88. The third-order valence-electron chi connectivity index (χ3n) is 6.19. The van der Waals surface area contributed by atoms with E-state index >= 15 is 0 Å². The molecular formula is C25H33N7O2. The second-order valence-electron chi connectivity index (χ2n) is 8.71. The molecule has 2 fully saturated rings. The van der Waals surface area contributed by atoms with Crippen LogP contribution >= 0.6 is 0 Å². The van der Waals surface area contributed by atoms with E-state index in [0.717, 1.165) is 22.5 Å². The van der Waals surface area contributed by atoms with Crippen LogP contribution in [0.25, 0.3) is 11.8 Å². The van der Waals surface area contributed by atoms with E-state index in [1.165, 1.54) is 0 Å². The minimum Gasteiger partial charge on any atom is -0.360 e.